The van der Waals surface area contributed by atoms with Crippen molar-refractivity contribution in [3.8, 4) is 0 Å². The molecule has 2 aromatic rings. The average Bonchev–Trinajstić information content (AvgIpc) is 3.06. The summed E-state index contributed by atoms with van der Waals surface area (Å²) in [5, 5.41) is 22.7. The second kappa shape index (κ2) is 11.6. The molecule has 0 atom stereocenters. The van der Waals surface area contributed by atoms with Crippen molar-refractivity contribution in [1.29, 1.82) is 0 Å². The van der Waals surface area contributed by atoms with E-state index in [2.05, 4.69) is 10.4 Å². The van der Waals surface area contributed by atoms with Gasteiger partial charge in [-0.2, -0.15) is 18.3 Å². The third-order valence-corrected chi connectivity index (χ3v) is 5.58. The Morgan fingerprint density at radius 1 is 1.17 bits per heavy atom. The van der Waals surface area contributed by atoms with E-state index in [4.69, 9.17) is 15.0 Å². The average molecular weight is 453 g/mol. The van der Waals surface area contributed by atoms with Crippen LogP contribution in [-0.2, 0) is 9.59 Å². The summed E-state index contributed by atoms with van der Waals surface area (Å²) in [6, 6.07) is 5.70. The van der Waals surface area contributed by atoms with E-state index in [1.165, 1.54) is 10.8 Å². The zero-order chi connectivity index (χ0) is 22.0. The lowest BCUT2D eigenvalue weighted by atomic mass is 10.2. The smallest absolute Gasteiger partial charge is 0.481 e. The Kier molecular flexibility index (Phi) is 9.81. The van der Waals surface area contributed by atoms with Crippen LogP contribution in [0.2, 0.25) is 0 Å². The van der Waals surface area contributed by atoms with Gasteiger partial charge >= 0.3 is 18.1 Å². The van der Waals surface area contributed by atoms with Crippen molar-refractivity contribution in [3.63, 3.8) is 0 Å². The fourth-order valence-corrected chi connectivity index (χ4v) is 3.76. The molecule has 8 nitrogen and oxygen atoms in total. The molecule has 3 N–H and O–H groups in total. The molecule has 0 aliphatic carbocycles. The van der Waals surface area contributed by atoms with Gasteiger partial charge in [0.15, 0.2) is 0 Å². The Morgan fingerprint density at radius 3 is 2.38 bits per heavy atom. The van der Waals surface area contributed by atoms with E-state index in [9.17, 15) is 22.8 Å². The highest BCUT2D eigenvalue weighted by Gasteiger charge is 2.38. The number of nitrogens with zero attached hydrogens (tertiary/aromatic N) is 2. The summed E-state index contributed by atoms with van der Waals surface area (Å²) >= 11 is 0. The molecule has 0 saturated carbocycles. The second-order valence-electron chi connectivity index (χ2n) is 5.37. The van der Waals surface area contributed by atoms with Crippen LogP contribution >= 0.6 is 21.6 Å². The van der Waals surface area contributed by atoms with Gasteiger partial charge in [-0.3, -0.25) is 9.59 Å². The van der Waals surface area contributed by atoms with E-state index in [1.807, 2.05) is 25.1 Å². The third-order valence-electron chi connectivity index (χ3n) is 3.17. The standard InChI is InChI=1S/C14H17N3O3S2.C2HF3O2/c1-10-3-2-4-12-11(9-16-17(10)12)14(20)15-6-8-22-21-7-5-13(18)19;3-2(4,5)1(6)7/h2-4,9H,5-8H2,1H3,(H,15,20)(H,18,19);(H,6,7). The van der Waals surface area contributed by atoms with E-state index in [0.717, 1.165) is 17.0 Å². The van der Waals surface area contributed by atoms with E-state index >= 15 is 0 Å². The largest absolute Gasteiger partial charge is 0.490 e. The quantitative estimate of drug-likeness (QED) is 0.412. The van der Waals surface area contributed by atoms with Crippen molar-refractivity contribution < 1.29 is 37.8 Å². The Labute approximate surface area is 171 Å². The highest BCUT2D eigenvalue weighted by Crippen LogP contribution is 2.21. The number of aromatic nitrogens is 2. The lowest BCUT2D eigenvalue weighted by Gasteiger charge is -2.04. The normalized spacial score (nSPS) is 10.9. The van der Waals surface area contributed by atoms with Crippen LogP contribution in [0.15, 0.2) is 24.4 Å². The van der Waals surface area contributed by atoms with E-state index < -0.39 is 18.1 Å². The van der Waals surface area contributed by atoms with Crippen LogP contribution in [0.25, 0.3) is 5.52 Å². The van der Waals surface area contributed by atoms with Gasteiger partial charge in [-0.05, 0) is 19.1 Å². The molecular formula is C16H18F3N3O5S2. The molecular weight excluding hydrogens is 435 g/mol. The number of fused-ring (bicyclic) bond motifs is 1. The van der Waals surface area contributed by atoms with Crippen molar-refractivity contribution in [2.24, 2.45) is 0 Å². The Balaban J connectivity index is 0.000000516. The number of halogens is 3. The monoisotopic (exact) mass is 453 g/mol. The third kappa shape index (κ3) is 8.64. The van der Waals surface area contributed by atoms with Gasteiger partial charge in [-0.25, -0.2) is 9.31 Å². The van der Waals surface area contributed by atoms with E-state index in [-0.39, 0.29) is 12.3 Å². The second-order valence-corrected chi connectivity index (χ2v) is 8.07. The molecule has 0 radical (unpaired) electrons. The minimum atomic E-state index is -5.08. The topological polar surface area (TPSA) is 121 Å². The molecule has 2 aromatic heterocycles. The molecule has 0 spiro atoms. The maximum Gasteiger partial charge on any atom is 0.490 e. The number of carbonyl (C=O) groups is 3. The zero-order valence-electron chi connectivity index (χ0n) is 15.1. The molecule has 0 aromatic carbocycles. The number of aryl methyl sites for hydroxylation is 1. The summed E-state index contributed by atoms with van der Waals surface area (Å²) in [7, 11) is 3.06. The van der Waals surface area contributed by atoms with Crippen molar-refractivity contribution in [3.05, 3.63) is 35.7 Å². The van der Waals surface area contributed by atoms with E-state index in [1.54, 1.807) is 21.5 Å². The Morgan fingerprint density at radius 2 is 1.79 bits per heavy atom. The van der Waals surface area contributed by atoms with Gasteiger partial charge in [0.2, 0.25) is 0 Å². The number of carbonyl (C=O) groups excluding carboxylic acids is 1. The molecule has 0 bridgehead atoms. The van der Waals surface area contributed by atoms with Crippen LogP contribution in [-0.4, -0.2) is 61.9 Å². The van der Waals surface area contributed by atoms with Crippen LogP contribution in [0.1, 0.15) is 22.5 Å². The molecule has 0 unspecified atom stereocenters. The first-order valence-corrected chi connectivity index (χ1v) is 10.5. The molecule has 0 fully saturated rings. The Hall–Kier alpha value is -2.41. The maximum atomic E-state index is 12.2. The van der Waals surface area contributed by atoms with Crippen LogP contribution < -0.4 is 5.32 Å². The molecule has 29 heavy (non-hydrogen) atoms. The van der Waals surface area contributed by atoms with Gasteiger partial charge in [0.05, 0.1) is 23.7 Å². The fourth-order valence-electron chi connectivity index (χ4n) is 1.87. The highest BCUT2D eigenvalue weighted by molar-refractivity contribution is 8.76. The van der Waals surface area contributed by atoms with Crippen LogP contribution in [0.3, 0.4) is 0 Å². The molecule has 1 amide bonds. The number of hydrogen-bond donors (Lipinski definition) is 3. The molecule has 0 aliphatic rings. The van der Waals surface area contributed by atoms with Gasteiger partial charge in [-0.15, -0.1) is 0 Å². The fraction of sp³-hybridized carbons (Fsp3) is 0.375. The van der Waals surface area contributed by atoms with Crippen LogP contribution in [0, 0.1) is 6.92 Å². The first-order chi connectivity index (χ1) is 13.5. The minimum Gasteiger partial charge on any atom is -0.481 e. The predicted molar refractivity (Wildman–Crippen MR) is 103 cm³/mol. The zero-order valence-corrected chi connectivity index (χ0v) is 16.7. The number of aliphatic carboxylic acids is 2. The number of hydrogen-bond acceptors (Lipinski definition) is 6. The van der Waals surface area contributed by atoms with Gasteiger partial charge < -0.3 is 15.5 Å². The summed E-state index contributed by atoms with van der Waals surface area (Å²) in [6.45, 7) is 2.47. The van der Waals surface area contributed by atoms with Crippen molar-refractivity contribution in [2.75, 3.05) is 18.1 Å². The lowest BCUT2D eigenvalue weighted by molar-refractivity contribution is -0.192. The first kappa shape index (κ1) is 24.6. The summed E-state index contributed by atoms with van der Waals surface area (Å²) in [6.07, 6.45) is -3.35. The number of carboxylic acids is 2. The molecule has 2 rings (SSSR count). The number of nitrogens with one attached hydrogen (secondary N) is 1. The number of alkyl halides is 3. The molecule has 160 valence electrons. The van der Waals surface area contributed by atoms with Gasteiger partial charge in [0, 0.05) is 23.7 Å². The summed E-state index contributed by atoms with van der Waals surface area (Å²) < 4.78 is 33.5. The summed E-state index contributed by atoms with van der Waals surface area (Å²) in [5.74, 6) is -2.38. The molecule has 13 heteroatoms. The number of carboxylic acid groups (broad SMARTS) is 2. The summed E-state index contributed by atoms with van der Waals surface area (Å²) in [5.41, 5.74) is 2.33. The number of pyridine rings is 1. The first-order valence-electron chi connectivity index (χ1n) is 8.02. The maximum absolute atomic E-state index is 12.2. The number of amides is 1. The Bertz CT molecular complexity index is 858. The predicted octanol–water partition coefficient (Wildman–Crippen LogP) is 2.86. The highest BCUT2D eigenvalue weighted by atomic mass is 33.1. The van der Waals surface area contributed by atoms with E-state index in [0.29, 0.717) is 17.9 Å². The minimum absolute atomic E-state index is 0.142. The molecule has 0 aliphatic heterocycles. The van der Waals surface area contributed by atoms with Crippen molar-refractivity contribution in [1.82, 2.24) is 14.9 Å². The SMILES string of the molecule is Cc1cccc2c(C(=O)NCCSSCCC(=O)O)cnn12.O=C(O)C(F)(F)F. The summed E-state index contributed by atoms with van der Waals surface area (Å²) in [4.78, 5) is 31.4. The van der Waals surface area contributed by atoms with Gasteiger partial charge in [-0.1, -0.05) is 27.7 Å². The van der Waals surface area contributed by atoms with Crippen LogP contribution in [0.5, 0.6) is 0 Å². The van der Waals surface area contributed by atoms with Gasteiger partial charge in [0.1, 0.15) is 0 Å². The van der Waals surface area contributed by atoms with Crippen molar-refractivity contribution >= 4 is 45.0 Å². The molecule has 2 heterocycles. The molecule has 0 saturated heterocycles. The van der Waals surface area contributed by atoms with Crippen molar-refractivity contribution in [2.45, 2.75) is 19.5 Å². The number of rotatable bonds is 8. The lowest BCUT2D eigenvalue weighted by Crippen LogP contribution is -2.25. The van der Waals surface area contributed by atoms with Gasteiger partial charge in [0.25, 0.3) is 5.91 Å². The van der Waals surface area contributed by atoms with Crippen LogP contribution in [0.4, 0.5) is 13.2 Å².